The van der Waals surface area contributed by atoms with Crippen LogP contribution in [0.4, 0.5) is 4.39 Å². The van der Waals surface area contributed by atoms with Gasteiger partial charge in [-0.25, -0.2) is 4.39 Å². The molecule has 0 radical (unpaired) electrons. The average molecular weight is 547 g/mol. The van der Waals surface area contributed by atoms with Crippen molar-refractivity contribution in [3.8, 4) is 22.6 Å². The normalized spacial score (nSPS) is 19.1. The number of hydrogen-bond donors (Lipinski definition) is 0. The molecular weight excluding hydrogens is 507 g/mol. The van der Waals surface area contributed by atoms with Gasteiger partial charge in [0.05, 0.1) is 26.7 Å². The summed E-state index contributed by atoms with van der Waals surface area (Å²) in [6.45, 7) is 5.45. The molecule has 0 N–H and O–H groups in total. The Morgan fingerprint density at radius 2 is 1.85 bits per heavy atom. The van der Waals surface area contributed by atoms with Gasteiger partial charge in [0.25, 0.3) is 0 Å². The van der Waals surface area contributed by atoms with E-state index in [1.54, 1.807) is 19.2 Å². The number of esters is 1. The molecular formula is C34H39FO5. The fraction of sp³-hybridized carbons (Fsp3) is 0.441. The molecule has 0 unspecified atom stereocenters. The van der Waals surface area contributed by atoms with Gasteiger partial charge in [0.15, 0.2) is 0 Å². The van der Waals surface area contributed by atoms with Gasteiger partial charge in [0.2, 0.25) is 0 Å². The molecule has 2 aliphatic rings. The van der Waals surface area contributed by atoms with Crippen LogP contribution in [0.1, 0.15) is 74.7 Å². The van der Waals surface area contributed by atoms with E-state index in [0.717, 1.165) is 53.7 Å². The lowest BCUT2D eigenvalue weighted by atomic mass is 9.75. The zero-order valence-electron chi connectivity index (χ0n) is 23.9. The summed E-state index contributed by atoms with van der Waals surface area (Å²) in [5, 5.41) is 0. The Morgan fingerprint density at radius 3 is 2.58 bits per heavy atom. The van der Waals surface area contributed by atoms with Crippen molar-refractivity contribution in [2.24, 2.45) is 11.3 Å². The standard InChI is InChI=1S/C34H39FO5/c1-34(2)15-6-16-39-33(34)30-17-22(9-13-27(30)29-19-25(37-3)12-14-31(29)35)21-40-26-8-5-7-24(18-26)28(23-10-11-23)20-32(36)38-4/h5,7-9,12-14,17-19,23,28,33H,6,10-11,15-16,20-21H2,1-4H3/t28-,33+/m0/s1. The molecule has 1 aliphatic heterocycles. The van der Waals surface area contributed by atoms with Gasteiger partial charge in [-0.05, 0) is 102 Å². The van der Waals surface area contributed by atoms with Gasteiger partial charge in [-0.15, -0.1) is 0 Å². The predicted octanol–water partition coefficient (Wildman–Crippen LogP) is 8.01. The largest absolute Gasteiger partial charge is 0.497 e. The van der Waals surface area contributed by atoms with Crippen molar-refractivity contribution >= 4 is 5.97 Å². The first-order chi connectivity index (χ1) is 19.3. The maximum Gasteiger partial charge on any atom is 0.306 e. The monoisotopic (exact) mass is 546 g/mol. The molecule has 1 saturated heterocycles. The number of halogens is 1. The lowest BCUT2D eigenvalue weighted by molar-refractivity contribution is -0.141. The first-order valence-electron chi connectivity index (χ1n) is 14.2. The number of carbonyl (C=O) groups excluding carboxylic acids is 1. The van der Waals surface area contributed by atoms with Gasteiger partial charge in [0.1, 0.15) is 23.9 Å². The third-order valence-corrected chi connectivity index (χ3v) is 8.32. The van der Waals surface area contributed by atoms with Crippen molar-refractivity contribution in [1.29, 1.82) is 0 Å². The minimum atomic E-state index is -0.298. The van der Waals surface area contributed by atoms with Crippen LogP contribution in [0.3, 0.4) is 0 Å². The van der Waals surface area contributed by atoms with Gasteiger partial charge in [-0.2, -0.15) is 0 Å². The molecule has 40 heavy (non-hydrogen) atoms. The Bertz CT molecular complexity index is 1350. The molecule has 0 amide bonds. The van der Waals surface area contributed by atoms with E-state index in [2.05, 4.69) is 26.0 Å². The summed E-state index contributed by atoms with van der Waals surface area (Å²) in [6, 6.07) is 18.9. The van der Waals surface area contributed by atoms with Gasteiger partial charge in [0, 0.05) is 12.2 Å². The second-order valence-electron chi connectivity index (χ2n) is 11.7. The van der Waals surface area contributed by atoms with Crippen LogP contribution in [-0.2, 0) is 20.9 Å². The van der Waals surface area contributed by atoms with Crippen molar-refractivity contribution in [2.45, 2.75) is 64.6 Å². The van der Waals surface area contributed by atoms with E-state index in [-0.39, 0.29) is 29.2 Å². The van der Waals surface area contributed by atoms with Crippen molar-refractivity contribution < 1.29 is 28.1 Å². The van der Waals surface area contributed by atoms with Crippen LogP contribution in [0.25, 0.3) is 11.1 Å². The van der Waals surface area contributed by atoms with Gasteiger partial charge < -0.3 is 18.9 Å². The van der Waals surface area contributed by atoms with Crippen LogP contribution < -0.4 is 9.47 Å². The molecule has 5 rings (SSSR count). The molecule has 2 fully saturated rings. The Morgan fingerprint density at radius 1 is 1.02 bits per heavy atom. The molecule has 1 saturated carbocycles. The topological polar surface area (TPSA) is 54.0 Å². The maximum atomic E-state index is 15.1. The molecule has 1 heterocycles. The highest BCUT2D eigenvalue weighted by Crippen LogP contribution is 2.48. The Balaban J connectivity index is 1.43. The summed E-state index contributed by atoms with van der Waals surface area (Å²) in [5.74, 6) is 1.54. The Kier molecular flexibility index (Phi) is 8.46. The zero-order valence-corrected chi connectivity index (χ0v) is 23.9. The van der Waals surface area contributed by atoms with Gasteiger partial charge in [-0.3, -0.25) is 4.79 Å². The molecule has 3 aromatic carbocycles. The number of methoxy groups -OCH3 is 2. The first-order valence-corrected chi connectivity index (χ1v) is 14.2. The molecule has 3 aromatic rings. The van der Waals surface area contributed by atoms with Crippen molar-refractivity contribution in [2.75, 3.05) is 20.8 Å². The van der Waals surface area contributed by atoms with Gasteiger partial charge >= 0.3 is 5.97 Å². The van der Waals surface area contributed by atoms with E-state index in [1.807, 2.05) is 30.3 Å². The molecule has 5 nitrogen and oxygen atoms in total. The highest BCUT2D eigenvalue weighted by atomic mass is 19.1. The Hall–Kier alpha value is -3.38. The van der Waals surface area contributed by atoms with E-state index in [4.69, 9.17) is 18.9 Å². The summed E-state index contributed by atoms with van der Waals surface area (Å²) in [6.07, 6.45) is 4.50. The van der Waals surface area contributed by atoms with E-state index in [9.17, 15) is 4.79 Å². The molecule has 6 heteroatoms. The second-order valence-corrected chi connectivity index (χ2v) is 11.7. The Labute approximate surface area is 236 Å². The van der Waals surface area contributed by atoms with E-state index in [0.29, 0.717) is 36.9 Å². The molecule has 2 atom stereocenters. The summed E-state index contributed by atoms with van der Waals surface area (Å²) in [5.41, 5.74) is 4.23. The molecule has 0 bridgehead atoms. The third kappa shape index (κ3) is 6.33. The highest BCUT2D eigenvalue weighted by molar-refractivity contribution is 5.71. The lowest BCUT2D eigenvalue weighted by Gasteiger charge is -2.39. The second kappa shape index (κ2) is 12.0. The predicted molar refractivity (Wildman–Crippen MR) is 153 cm³/mol. The maximum absolute atomic E-state index is 15.1. The van der Waals surface area contributed by atoms with E-state index >= 15 is 4.39 Å². The van der Waals surface area contributed by atoms with Crippen LogP contribution in [0, 0.1) is 17.2 Å². The van der Waals surface area contributed by atoms with Crippen molar-refractivity contribution in [3.63, 3.8) is 0 Å². The number of rotatable bonds is 10. The smallest absolute Gasteiger partial charge is 0.306 e. The number of ether oxygens (including phenoxy) is 4. The summed E-state index contributed by atoms with van der Waals surface area (Å²) in [7, 11) is 3.02. The molecule has 0 aromatic heterocycles. The lowest BCUT2D eigenvalue weighted by Crippen LogP contribution is -2.30. The fourth-order valence-electron chi connectivity index (χ4n) is 5.92. The minimum absolute atomic E-state index is 0.104. The first kappa shape index (κ1) is 28.2. The van der Waals surface area contributed by atoms with Crippen molar-refractivity contribution in [3.05, 3.63) is 83.2 Å². The fourth-order valence-corrected chi connectivity index (χ4v) is 5.92. The summed E-state index contributed by atoms with van der Waals surface area (Å²) < 4.78 is 38.1. The quantitative estimate of drug-likeness (QED) is 0.241. The van der Waals surface area contributed by atoms with Crippen LogP contribution in [0.2, 0.25) is 0 Å². The number of hydrogen-bond acceptors (Lipinski definition) is 5. The van der Waals surface area contributed by atoms with Crippen molar-refractivity contribution in [1.82, 2.24) is 0 Å². The molecule has 0 spiro atoms. The average Bonchev–Trinajstić information content (AvgIpc) is 3.80. The summed E-state index contributed by atoms with van der Waals surface area (Å²) >= 11 is 0. The SMILES string of the molecule is COC(=O)C[C@H](c1cccc(OCc2ccc(-c3cc(OC)ccc3F)c([C@H]3OCCCC3(C)C)c2)c1)C1CC1. The van der Waals surface area contributed by atoms with Crippen LogP contribution >= 0.6 is 0 Å². The van der Waals surface area contributed by atoms with Crippen LogP contribution in [-0.4, -0.2) is 26.8 Å². The summed E-state index contributed by atoms with van der Waals surface area (Å²) in [4.78, 5) is 12.0. The van der Waals surface area contributed by atoms with Crippen LogP contribution in [0.5, 0.6) is 11.5 Å². The molecule has 212 valence electrons. The molecule has 1 aliphatic carbocycles. The van der Waals surface area contributed by atoms with Gasteiger partial charge in [-0.1, -0.05) is 38.1 Å². The number of benzene rings is 3. The van der Waals surface area contributed by atoms with Crippen LogP contribution in [0.15, 0.2) is 60.7 Å². The van der Waals surface area contributed by atoms with E-state index < -0.39 is 0 Å². The highest BCUT2D eigenvalue weighted by Gasteiger charge is 2.37. The minimum Gasteiger partial charge on any atom is -0.497 e. The zero-order chi connectivity index (χ0) is 28.3. The third-order valence-electron chi connectivity index (χ3n) is 8.32. The number of carbonyl (C=O) groups is 1. The van der Waals surface area contributed by atoms with E-state index in [1.165, 1.54) is 13.2 Å².